The number of aryl methyl sites for hydroxylation is 1. The predicted molar refractivity (Wildman–Crippen MR) is 66.3 cm³/mol. The van der Waals surface area contributed by atoms with Gasteiger partial charge in [0.1, 0.15) is 11.6 Å². The van der Waals surface area contributed by atoms with Gasteiger partial charge in [0.15, 0.2) is 0 Å². The van der Waals surface area contributed by atoms with Crippen LogP contribution in [0.3, 0.4) is 0 Å². The van der Waals surface area contributed by atoms with Crippen LogP contribution in [0.1, 0.15) is 5.56 Å². The summed E-state index contributed by atoms with van der Waals surface area (Å²) in [5.41, 5.74) is 0.843. The molecule has 1 heterocycles. The molecule has 16 heavy (non-hydrogen) atoms. The Kier molecular flexibility index (Phi) is 3.14. The average Bonchev–Trinajstić information content (AvgIpc) is 2.67. The summed E-state index contributed by atoms with van der Waals surface area (Å²) < 4.78 is 2.45. The zero-order chi connectivity index (χ0) is 11.5. The Morgan fingerprint density at radius 1 is 1.44 bits per heavy atom. The van der Waals surface area contributed by atoms with Crippen LogP contribution in [0, 0.1) is 0 Å². The molecule has 0 fully saturated rings. The number of hydrogen-bond donors (Lipinski definition) is 2. The van der Waals surface area contributed by atoms with Gasteiger partial charge in [0.05, 0.1) is 10.7 Å². The number of hydrogen-bond acceptors (Lipinski definition) is 3. The second-order valence-corrected chi connectivity index (χ2v) is 4.30. The summed E-state index contributed by atoms with van der Waals surface area (Å²) in [4.78, 5) is 0. The molecule has 5 heteroatoms. The topological polar surface area (TPSA) is 50.1 Å². The molecule has 1 aromatic heterocycles. The van der Waals surface area contributed by atoms with E-state index < -0.39 is 0 Å². The maximum absolute atomic E-state index is 9.79. The minimum absolute atomic E-state index is 0.275. The van der Waals surface area contributed by atoms with Gasteiger partial charge in [0, 0.05) is 25.2 Å². The molecule has 0 radical (unpaired) electrons. The van der Waals surface area contributed by atoms with Gasteiger partial charge < -0.3 is 10.4 Å². The summed E-state index contributed by atoms with van der Waals surface area (Å²) in [6, 6.07) is 7.46. The summed E-state index contributed by atoms with van der Waals surface area (Å²) in [6.07, 6.45) is 1.73. The quantitative estimate of drug-likeness (QED) is 0.909. The van der Waals surface area contributed by atoms with Crippen molar-refractivity contribution in [2.45, 2.75) is 6.54 Å². The smallest absolute Gasteiger partial charge is 0.134 e. The van der Waals surface area contributed by atoms with E-state index in [-0.39, 0.29) is 5.75 Å². The Labute approximate surface area is 102 Å². The molecule has 0 aliphatic heterocycles. The van der Waals surface area contributed by atoms with E-state index in [0.29, 0.717) is 11.0 Å². The number of anilines is 1. The van der Waals surface area contributed by atoms with Crippen LogP contribution in [0.4, 0.5) is 5.82 Å². The second-order valence-electron chi connectivity index (χ2n) is 3.44. The number of halogens is 1. The zero-order valence-electron chi connectivity index (χ0n) is 8.81. The first kappa shape index (κ1) is 11.0. The van der Waals surface area contributed by atoms with Crippen LogP contribution in [-0.2, 0) is 13.6 Å². The van der Waals surface area contributed by atoms with Gasteiger partial charge in [0.2, 0.25) is 0 Å². The molecule has 2 aromatic rings. The van der Waals surface area contributed by atoms with Crippen LogP contribution in [0.25, 0.3) is 0 Å². The number of nitrogens with one attached hydrogen (secondary N) is 1. The lowest BCUT2D eigenvalue weighted by Gasteiger charge is -2.08. The van der Waals surface area contributed by atoms with E-state index in [1.165, 1.54) is 0 Å². The van der Waals surface area contributed by atoms with Crippen LogP contribution < -0.4 is 5.32 Å². The molecule has 0 unspecified atom stereocenters. The highest BCUT2D eigenvalue weighted by Crippen LogP contribution is 2.27. The van der Waals surface area contributed by atoms with Crippen LogP contribution in [-0.4, -0.2) is 14.9 Å². The Balaban J connectivity index is 2.11. The van der Waals surface area contributed by atoms with E-state index >= 15 is 0 Å². The van der Waals surface area contributed by atoms with Crippen molar-refractivity contribution in [2.24, 2.45) is 7.05 Å². The number of rotatable bonds is 3. The molecule has 0 spiro atoms. The van der Waals surface area contributed by atoms with Gasteiger partial charge in [-0.25, -0.2) is 0 Å². The molecule has 0 saturated carbocycles. The number of phenolic OH excluding ortho intramolecular Hbond substituents is 1. The summed E-state index contributed by atoms with van der Waals surface area (Å²) in [5.74, 6) is 1.19. The maximum atomic E-state index is 9.79. The maximum Gasteiger partial charge on any atom is 0.134 e. The number of nitrogens with zero attached hydrogens (tertiary/aromatic N) is 2. The predicted octanol–water partition coefficient (Wildman–Crippen LogP) is 2.50. The number of aromatic nitrogens is 2. The standard InChI is InChI=1S/C11H12BrN3O/c1-15-10(5-6-14-15)13-7-8-3-2-4-9(12)11(8)16/h2-6,13,16H,7H2,1H3. The van der Waals surface area contributed by atoms with Crippen molar-refractivity contribution in [3.63, 3.8) is 0 Å². The number of aromatic hydroxyl groups is 1. The third-order valence-corrected chi connectivity index (χ3v) is 2.99. The fourth-order valence-corrected chi connectivity index (χ4v) is 1.84. The lowest BCUT2D eigenvalue weighted by Crippen LogP contribution is -2.04. The van der Waals surface area contributed by atoms with E-state index in [1.807, 2.05) is 31.3 Å². The molecule has 0 amide bonds. The van der Waals surface area contributed by atoms with E-state index in [4.69, 9.17) is 0 Å². The number of phenols is 1. The minimum atomic E-state index is 0.275. The SMILES string of the molecule is Cn1nccc1NCc1cccc(Br)c1O. The third kappa shape index (κ3) is 2.19. The fraction of sp³-hybridized carbons (Fsp3) is 0.182. The average molecular weight is 282 g/mol. The molecule has 2 rings (SSSR count). The van der Waals surface area contributed by atoms with Crippen molar-refractivity contribution < 1.29 is 5.11 Å². The third-order valence-electron chi connectivity index (χ3n) is 2.35. The molecule has 2 N–H and O–H groups in total. The fourth-order valence-electron chi connectivity index (χ4n) is 1.44. The Morgan fingerprint density at radius 3 is 2.94 bits per heavy atom. The first-order chi connectivity index (χ1) is 7.68. The highest BCUT2D eigenvalue weighted by Gasteiger charge is 2.05. The molecule has 0 aliphatic carbocycles. The molecule has 0 aliphatic rings. The Hall–Kier alpha value is -1.49. The molecular formula is C11H12BrN3O. The van der Waals surface area contributed by atoms with Crippen molar-refractivity contribution in [3.8, 4) is 5.75 Å². The van der Waals surface area contributed by atoms with Crippen molar-refractivity contribution in [3.05, 3.63) is 40.5 Å². The molecule has 0 bridgehead atoms. The van der Waals surface area contributed by atoms with Gasteiger partial charge in [-0.1, -0.05) is 12.1 Å². The van der Waals surface area contributed by atoms with Gasteiger partial charge in [-0.3, -0.25) is 4.68 Å². The monoisotopic (exact) mass is 281 g/mol. The van der Waals surface area contributed by atoms with Crippen molar-refractivity contribution in [1.82, 2.24) is 9.78 Å². The molecule has 0 atom stereocenters. The molecular weight excluding hydrogens is 270 g/mol. The van der Waals surface area contributed by atoms with Crippen molar-refractivity contribution >= 4 is 21.7 Å². The van der Waals surface area contributed by atoms with Gasteiger partial charge in [-0.05, 0) is 22.0 Å². The van der Waals surface area contributed by atoms with E-state index in [9.17, 15) is 5.11 Å². The van der Waals surface area contributed by atoms with Crippen LogP contribution in [0.15, 0.2) is 34.9 Å². The molecule has 0 saturated heterocycles. The van der Waals surface area contributed by atoms with Crippen molar-refractivity contribution in [1.29, 1.82) is 0 Å². The first-order valence-corrected chi connectivity index (χ1v) is 5.66. The van der Waals surface area contributed by atoms with Crippen LogP contribution in [0.5, 0.6) is 5.75 Å². The summed E-state index contributed by atoms with van der Waals surface area (Å²) >= 11 is 3.28. The summed E-state index contributed by atoms with van der Waals surface area (Å²) in [6.45, 7) is 0.560. The number of para-hydroxylation sites is 1. The number of benzene rings is 1. The van der Waals surface area contributed by atoms with Crippen LogP contribution in [0.2, 0.25) is 0 Å². The lowest BCUT2D eigenvalue weighted by molar-refractivity contribution is 0.465. The van der Waals surface area contributed by atoms with Gasteiger partial charge >= 0.3 is 0 Å². The Morgan fingerprint density at radius 2 is 2.25 bits per heavy atom. The Bertz CT molecular complexity index is 496. The summed E-state index contributed by atoms with van der Waals surface area (Å²) in [7, 11) is 1.86. The minimum Gasteiger partial charge on any atom is -0.506 e. The summed E-state index contributed by atoms with van der Waals surface area (Å²) in [5, 5.41) is 17.0. The molecule has 84 valence electrons. The van der Waals surface area contributed by atoms with E-state index in [2.05, 4.69) is 26.3 Å². The lowest BCUT2D eigenvalue weighted by atomic mass is 10.2. The first-order valence-electron chi connectivity index (χ1n) is 4.86. The highest BCUT2D eigenvalue weighted by molar-refractivity contribution is 9.10. The van der Waals surface area contributed by atoms with Crippen LogP contribution >= 0.6 is 15.9 Å². The second kappa shape index (κ2) is 4.57. The zero-order valence-corrected chi connectivity index (χ0v) is 10.4. The molecule has 1 aromatic carbocycles. The van der Waals surface area contributed by atoms with E-state index in [1.54, 1.807) is 10.9 Å². The van der Waals surface area contributed by atoms with Gasteiger partial charge in [0.25, 0.3) is 0 Å². The highest BCUT2D eigenvalue weighted by atomic mass is 79.9. The van der Waals surface area contributed by atoms with Gasteiger partial charge in [-0.15, -0.1) is 0 Å². The normalized spacial score (nSPS) is 10.4. The molecule has 4 nitrogen and oxygen atoms in total. The largest absolute Gasteiger partial charge is 0.506 e. The van der Waals surface area contributed by atoms with E-state index in [0.717, 1.165) is 11.4 Å². The van der Waals surface area contributed by atoms with Crippen molar-refractivity contribution in [2.75, 3.05) is 5.32 Å². The van der Waals surface area contributed by atoms with Gasteiger partial charge in [-0.2, -0.15) is 5.10 Å².